The minimum atomic E-state index is 0.384. The predicted octanol–water partition coefficient (Wildman–Crippen LogP) is 2.87. The number of nitrogens with zero attached hydrogens (tertiary/aromatic N) is 2. The first-order valence-corrected chi connectivity index (χ1v) is 5.73. The van der Waals surface area contributed by atoms with Crippen LogP contribution in [0.2, 0.25) is 0 Å². The summed E-state index contributed by atoms with van der Waals surface area (Å²) >= 11 is 1.44. The van der Waals surface area contributed by atoms with Gasteiger partial charge in [0.25, 0.3) is 0 Å². The van der Waals surface area contributed by atoms with Crippen molar-refractivity contribution < 1.29 is 0 Å². The van der Waals surface area contributed by atoms with Crippen LogP contribution in [-0.2, 0) is 6.42 Å². The molecule has 1 unspecified atom stereocenters. The van der Waals surface area contributed by atoms with Gasteiger partial charge in [-0.25, -0.2) is 4.98 Å². The number of hydrogen-bond acceptors (Lipinski definition) is 4. The smallest absolute Gasteiger partial charge is 0.202 e. The molecule has 1 atom stereocenters. The lowest BCUT2D eigenvalue weighted by atomic mass is 10.2. The van der Waals surface area contributed by atoms with Crippen molar-refractivity contribution in [2.45, 2.75) is 39.2 Å². The van der Waals surface area contributed by atoms with Crippen molar-refractivity contribution in [1.82, 2.24) is 9.36 Å². The first-order chi connectivity index (χ1) is 6.76. The first-order valence-electron chi connectivity index (χ1n) is 4.96. The van der Waals surface area contributed by atoms with Gasteiger partial charge in [-0.05, 0) is 19.8 Å². The van der Waals surface area contributed by atoms with Gasteiger partial charge in [-0.1, -0.05) is 13.0 Å². The standard InChI is InChI=1S/C10H17N3S/c1-4-6-8(3)11-10-12-9(7-5-2)13-14-10/h4,8H,1,5-7H2,2-3H3,(H,11,12,13). The molecule has 0 saturated carbocycles. The molecule has 3 nitrogen and oxygen atoms in total. The molecule has 0 bridgehead atoms. The summed E-state index contributed by atoms with van der Waals surface area (Å²) in [5, 5.41) is 4.21. The van der Waals surface area contributed by atoms with Gasteiger partial charge in [0, 0.05) is 24.0 Å². The van der Waals surface area contributed by atoms with Gasteiger partial charge in [-0.3, -0.25) is 0 Å². The zero-order chi connectivity index (χ0) is 10.4. The highest BCUT2D eigenvalue weighted by Crippen LogP contribution is 2.14. The van der Waals surface area contributed by atoms with Crippen molar-refractivity contribution in [3.63, 3.8) is 0 Å². The third-order valence-corrected chi connectivity index (χ3v) is 2.52. The average molecular weight is 211 g/mol. The number of anilines is 1. The number of nitrogens with one attached hydrogen (secondary N) is 1. The molecule has 0 saturated heterocycles. The Hall–Kier alpha value is -0.900. The molecule has 0 aromatic carbocycles. The molecule has 0 radical (unpaired) electrons. The molecule has 4 heteroatoms. The van der Waals surface area contributed by atoms with Gasteiger partial charge in [-0.2, -0.15) is 4.37 Å². The minimum Gasteiger partial charge on any atom is -0.358 e. The van der Waals surface area contributed by atoms with E-state index in [1.165, 1.54) is 11.5 Å². The van der Waals surface area contributed by atoms with E-state index in [2.05, 4.69) is 35.1 Å². The molecule has 0 fully saturated rings. The van der Waals surface area contributed by atoms with Crippen molar-refractivity contribution in [2.75, 3.05) is 5.32 Å². The molecule has 78 valence electrons. The van der Waals surface area contributed by atoms with Crippen LogP contribution in [0, 0.1) is 0 Å². The molecule has 0 aliphatic carbocycles. The SMILES string of the molecule is C=CCC(C)Nc1nc(CCC)ns1. The molecule has 1 aromatic rings. The fourth-order valence-electron chi connectivity index (χ4n) is 1.16. The van der Waals surface area contributed by atoms with E-state index in [4.69, 9.17) is 0 Å². The summed E-state index contributed by atoms with van der Waals surface area (Å²) in [6.45, 7) is 7.95. The summed E-state index contributed by atoms with van der Waals surface area (Å²) in [7, 11) is 0. The maximum Gasteiger partial charge on any atom is 0.202 e. The van der Waals surface area contributed by atoms with Crippen LogP contribution < -0.4 is 5.32 Å². The van der Waals surface area contributed by atoms with Crippen molar-refractivity contribution in [3.8, 4) is 0 Å². The summed E-state index contributed by atoms with van der Waals surface area (Å²) < 4.78 is 4.26. The van der Waals surface area contributed by atoms with Crippen LogP contribution in [0.25, 0.3) is 0 Å². The Bertz CT molecular complexity index is 283. The second kappa shape index (κ2) is 5.75. The van der Waals surface area contributed by atoms with Crippen LogP contribution in [0.3, 0.4) is 0 Å². The number of rotatable bonds is 6. The summed E-state index contributed by atoms with van der Waals surface area (Å²) in [5.41, 5.74) is 0. The van der Waals surface area contributed by atoms with E-state index in [9.17, 15) is 0 Å². The Labute approximate surface area is 89.4 Å². The molecule has 0 aliphatic heterocycles. The summed E-state index contributed by atoms with van der Waals surface area (Å²) in [5.74, 6) is 0.950. The summed E-state index contributed by atoms with van der Waals surface area (Å²) in [6, 6.07) is 0.384. The highest BCUT2D eigenvalue weighted by atomic mass is 32.1. The van der Waals surface area contributed by atoms with E-state index in [0.29, 0.717) is 6.04 Å². The van der Waals surface area contributed by atoms with E-state index in [0.717, 1.165) is 30.2 Å². The lowest BCUT2D eigenvalue weighted by Crippen LogP contribution is -2.13. The molecular weight excluding hydrogens is 194 g/mol. The molecule has 1 rings (SSSR count). The van der Waals surface area contributed by atoms with Crippen molar-refractivity contribution in [1.29, 1.82) is 0 Å². The Kier molecular flexibility index (Phi) is 4.59. The lowest BCUT2D eigenvalue weighted by Gasteiger charge is -2.08. The van der Waals surface area contributed by atoms with Gasteiger partial charge < -0.3 is 5.32 Å². The van der Waals surface area contributed by atoms with Gasteiger partial charge >= 0.3 is 0 Å². The van der Waals surface area contributed by atoms with E-state index >= 15 is 0 Å². The quantitative estimate of drug-likeness (QED) is 0.735. The van der Waals surface area contributed by atoms with Gasteiger partial charge in [0.2, 0.25) is 5.13 Å². The van der Waals surface area contributed by atoms with Crippen LogP contribution >= 0.6 is 11.5 Å². The molecule has 0 spiro atoms. The molecular formula is C10H17N3S. The van der Waals surface area contributed by atoms with Crippen LogP contribution in [0.5, 0.6) is 0 Å². The normalized spacial score (nSPS) is 12.4. The topological polar surface area (TPSA) is 37.8 Å². The predicted molar refractivity (Wildman–Crippen MR) is 61.8 cm³/mol. The van der Waals surface area contributed by atoms with Crippen molar-refractivity contribution >= 4 is 16.7 Å². The van der Waals surface area contributed by atoms with Crippen LogP contribution in [-0.4, -0.2) is 15.4 Å². The van der Waals surface area contributed by atoms with Crippen LogP contribution in [0.1, 0.15) is 32.5 Å². The van der Waals surface area contributed by atoms with Gasteiger partial charge in [0.1, 0.15) is 5.82 Å². The monoisotopic (exact) mass is 211 g/mol. The highest BCUT2D eigenvalue weighted by molar-refractivity contribution is 7.09. The molecule has 14 heavy (non-hydrogen) atoms. The maximum absolute atomic E-state index is 4.38. The fraction of sp³-hybridized carbons (Fsp3) is 0.600. The Morgan fingerprint density at radius 1 is 1.64 bits per heavy atom. The van der Waals surface area contributed by atoms with Crippen LogP contribution in [0.4, 0.5) is 5.13 Å². The number of hydrogen-bond donors (Lipinski definition) is 1. The minimum absolute atomic E-state index is 0.384. The number of aromatic nitrogens is 2. The number of aryl methyl sites for hydroxylation is 1. The van der Waals surface area contributed by atoms with Gasteiger partial charge in [-0.15, -0.1) is 6.58 Å². The van der Waals surface area contributed by atoms with Crippen molar-refractivity contribution in [3.05, 3.63) is 18.5 Å². The first kappa shape index (κ1) is 11.2. The molecule has 0 amide bonds. The zero-order valence-corrected chi connectivity index (χ0v) is 9.60. The second-order valence-corrected chi connectivity index (χ2v) is 4.09. The summed E-state index contributed by atoms with van der Waals surface area (Å²) in [6.07, 6.45) is 4.92. The fourth-order valence-corrected chi connectivity index (χ4v) is 1.88. The highest BCUT2D eigenvalue weighted by Gasteiger charge is 2.05. The Morgan fingerprint density at radius 2 is 2.43 bits per heavy atom. The van der Waals surface area contributed by atoms with E-state index < -0.39 is 0 Å². The lowest BCUT2D eigenvalue weighted by molar-refractivity contribution is 0.806. The molecule has 0 aliphatic rings. The van der Waals surface area contributed by atoms with Gasteiger partial charge in [0.15, 0.2) is 0 Å². The van der Waals surface area contributed by atoms with Gasteiger partial charge in [0.05, 0.1) is 0 Å². The average Bonchev–Trinajstić information content (AvgIpc) is 2.53. The Morgan fingerprint density at radius 3 is 3.07 bits per heavy atom. The Balaban J connectivity index is 2.46. The molecule has 1 aromatic heterocycles. The third kappa shape index (κ3) is 3.46. The maximum atomic E-state index is 4.38. The van der Waals surface area contributed by atoms with Crippen molar-refractivity contribution in [2.24, 2.45) is 0 Å². The van der Waals surface area contributed by atoms with E-state index in [1.54, 1.807) is 0 Å². The second-order valence-electron chi connectivity index (χ2n) is 3.34. The largest absolute Gasteiger partial charge is 0.358 e. The van der Waals surface area contributed by atoms with E-state index in [1.807, 2.05) is 6.08 Å². The zero-order valence-electron chi connectivity index (χ0n) is 8.79. The summed E-state index contributed by atoms with van der Waals surface area (Å²) in [4.78, 5) is 4.38. The molecule has 1 N–H and O–H groups in total. The van der Waals surface area contributed by atoms with E-state index in [-0.39, 0.29) is 0 Å². The third-order valence-electron chi connectivity index (χ3n) is 1.83. The molecule has 1 heterocycles. The van der Waals surface area contributed by atoms with Crippen LogP contribution in [0.15, 0.2) is 12.7 Å².